The fourth-order valence-corrected chi connectivity index (χ4v) is 11.3. The summed E-state index contributed by atoms with van der Waals surface area (Å²) in [7, 11) is -9.87. The van der Waals surface area contributed by atoms with Crippen LogP contribution in [0, 0.1) is 5.92 Å². The van der Waals surface area contributed by atoms with Gasteiger partial charge in [-0.05, 0) is 31.6 Å². The summed E-state index contributed by atoms with van der Waals surface area (Å²) in [6, 6.07) is 0. The summed E-state index contributed by atoms with van der Waals surface area (Å²) in [5.74, 6) is -1.34. The maximum atomic E-state index is 13.0. The summed E-state index contributed by atoms with van der Waals surface area (Å²) < 4.78 is 67.6. The molecule has 0 fully saturated rings. The van der Waals surface area contributed by atoms with E-state index in [4.69, 9.17) is 37.0 Å². The third-order valence-corrected chi connectivity index (χ3v) is 16.9. The minimum Gasteiger partial charge on any atom is -0.462 e. The van der Waals surface area contributed by atoms with Crippen LogP contribution < -0.4 is 0 Å². The molecule has 0 aromatic heterocycles. The third-order valence-electron chi connectivity index (χ3n) is 15.0. The molecule has 0 saturated heterocycles. The van der Waals surface area contributed by atoms with E-state index in [1.807, 2.05) is 0 Å². The van der Waals surface area contributed by atoms with E-state index in [2.05, 4.69) is 34.6 Å². The molecular weight excluding hydrogens is 1110 g/mol. The van der Waals surface area contributed by atoms with Crippen LogP contribution in [0.4, 0.5) is 0 Å². The molecule has 17 nitrogen and oxygen atoms in total. The Balaban J connectivity index is 5.07. The molecule has 0 bridgehead atoms. The molecule has 0 spiro atoms. The Hall–Kier alpha value is -1.94. The van der Waals surface area contributed by atoms with Gasteiger partial charge < -0.3 is 33.8 Å². The molecule has 0 heterocycles. The van der Waals surface area contributed by atoms with Gasteiger partial charge in [0.05, 0.1) is 26.4 Å². The van der Waals surface area contributed by atoms with Gasteiger partial charge in [-0.2, -0.15) is 0 Å². The molecule has 5 atom stereocenters. The smallest absolute Gasteiger partial charge is 0.462 e. The monoisotopic (exact) mass is 1240 g/mol. The van der Waals surface area contributed by atoms with Crippen molar-refractivity contribution in [2.24, 2.45) is 5.92 Å². The number of esters is 4. The summed E-state index contributed by atoms with van der Waals surface area (Å²) in [5.41, 5.74) is 0. The van der Waals surface area contributed by atoms with Gasteiger partial charge in [0, 0.05) is 25.7 Å². The number of carbonyl (C=O) groups excluding carboxylic acids is 4. The number of phosphoric ester groups is 2. The number of hydrogen-bond acceptors (Lipinski definition) is 15. The number of aliphatic hydroxyl groups is 1. The van der Waals surface area contributed by atoms with Crippen molar-refractivity contribution < 1.29 is 80.2 Å². The number of rotatable bonds is 65. The first kappa shape index (κ1) is 82.1. The highest BCUT2D eigenvalue weighted by atomic mass is 31.2. The lowest BCUT2D eigenvalue weighted by Gasteiger charge is -2.21. The molecule has 0 aromatic rings. The van der Waals surface area contributed by atoms with E-state index in [1.54, 1.807) is 0 Å². The van der Waals surface area contributed by atoms with Crippen molar-refractivity contribution in [2.45, 2.75) is 348 Å². The van der Waals surface area contributed by atoms with E-state index >= 15 is 0 Å². The zero-order chi connectivity index (χ0) is 62.0. The van der Waals surface area contributed by atoms with E-state index < -0.39 is 97.5 Å². The Bertz CT molecular complexity index is 1640. The van der Waals surface area contributed by atoms with Gasteiger partial charge in [-0.15, -0.1) is 0 Å². The van der Waals surface area contributed by atoms with Gasteiger partial charge in [0.15, 0.2) is 12.2 Å². The molecule has 3 N–H and O–H groups in total. The van der Waals surface area contributed by atoms with Crippen LogP contribution in [0.2, 0.25) is 0 Å². The summed E-state index contributed by atoms with van der Waals surface area (Å²) in [4.78, 5) is 71.7. The van der Waals surface area contributed by atoms with Crippen molar-refractivity contribution >= 4 is 39.5 Å². The highest BCUT2D eigenvalue weighted by molar-refractivity contribution is 7.47. The predicted molar refractivity (Wildman–Crippen MR) is 335 cm³/mol. The van der Waals surface area contributed by atoms with E-state index in [0.29, 0.717) is 25.7 Å². The zero-order valence-electron chi connectivity index (χ0n) is 54.0. The minimum atomic E-state index is -4.94. The Morgan fingerprint density at radius 2 is 0.548 bits per heavy atom. The number of unbranched alkanes of at least 4 members (excludes halogenated alkanes) is 37. The molecule has 84 heavy (non-hydrogen) atoms. The van der Waals surface area contributed by atoms with Gasteiger partial charge in [0.1, 0.15) is 19.3 Å². The average Bonchev–Trinajstić information content (AvgIpc) is 3.48. The van der Waals surface area contributed by atoms with Gasteiger partial charge in [-0.1, -0.05) is 279 Å². The second-order valence-electron chi connectivity index (χ2n) is 24.0. The molecule has 0 amide bonds. The molecule has 0 aliphatic carbocycles. The Morgan fingerprint density at radius 3 is 0.810 bits per heavy atom. The maximum absolute atomic E-state index is 13.0. The predicted octanol–water partition coefficient (Wildman–Crippen LogP) is 18.2. The topological polar surface area (TPSA) is 237 Å². The fourth-order valence-electron chi connectivity index (χ4n) is 9.76. The molecular formula is C65H126O17P2. The van der Waals surface area contributed by atoms with E-state index in [1.165, 1.54) is 148 Å². The van der Waals surface area contributed by atoms with Gasteiger partial charge >= 0.3 is 39.5 Å². The van der Waals surface area contributed by atoms with E-state index in [-0.39, 0.29) is 25.7 Å². The number of phosphoric acid groups is 2. The highest BCUT2D eigenvalue weighted by Gasteiger charge is 2.30. The highest BCUT2D eigenvalue weighted by Crippen LogP contribution is 2.45. The molecule has 0 aliphatic heterocycles. The first-order valence-corrected chi connectivity index (χ1v) is 37.1. The maximum Gasteiger partial charge on any atom is 0.472 e. The lowest BCUT2D eigenvalue weighted by atomic mass is 10.0. The number of carbonyl (C=O) groups is 4. The molecule has 0 rings (SSSR count). The van der Waals surface area contributed by atoms with Crippen LogP contribution in [0.15, 0.2) is 0 Å². The van der Waals surface area contributed by atoms with Crippen molar-refractivity contribution in [1.29, 1.82) is 0 Å². The summed E-state index contributed by atoms with van der Waals surface area (Å²) in [6.07, 6.45) is 44.0. The van der Waals surface area contributed by atoms with Crippen LogP contribution >= 0.6 is 15.6 Å². The Kier molecular flexibility index (Phi) is 57.4. The van der Waals surface area contributed by atoms with Crippen molar-refractivity contribution in [1.82, 2.24) is 0 Å². The second kappa shape index (κ2) is 58.7. The molecule has 0 aromatic carbocycles. The number of ether oxygens (including phenoxy) is 4. The van der Waals surface area contributed by atoms with Gasteiger partial charge in [-0.25, -0.2) is 9.13 Å². The van der Waals surface area contributed by atoms with Crippen molar-refractivity contribution in [2.75, 3.05) is 39.6 Å². The van der Waals surface area contributed by atoms with Crippen LogP contribution in [0.3, 0.4) is 0 Å². The van der Waals surface area contributed by atoms with Crippen LogP contribution in [-0.4, -0.2) is 96.7 Å². The van der Waals surface area contributed by atoms with Crippen LogP contribution in [0.5, 0.6) is 0 Å². The Morgan fingerprint density at radius 1 is 0.321 bits per heavy atom. The lowest BCUT2D eigenvalue weighted by molar-refractivity contribution is -0.161. The van der Waals surface area contributed by atoms with Crippen LogP contribution in [-0.2, 0) is 65.4 Å². The molecule has 19 heteroatoms. The fraction of sp³-hybridized carbons (Fsp3) is 0.938. The van der Waals surface area contributed by atoms with Gasteiger partial charge in [0.25, 0.3) is 0 Å². The van der Waals surface area contributed by atoms with E-state index in [9.17, 15) is 43.2 Å². The summed E-state index contributed by atoms with van der Waals surface area (Å²) in [6.45, 7) is 7.05. The standard InChI is InChI=1S/C65H126O17P2/c1-6-9-12-15-16-17-18-19-22-26-29-32-35-40-44-49-63(68)76-55-61(82-65(70)51-46-41-36-33-30-27-24-21-20-23-25-28-31-34-39-42-47-58(4)5)57-80-84(73,74)78-53-59(66)52-77-83(71,72)79-56-60(81-64(69)50-45-38-14-11-8-3)54-75-62(67)48-43-37-13-10-7-2/h58-61,66H,6-57H2,1-5H3,(H,71,72)(H,73,74)/t59-,60+,61+/m0/s1. The first-order chi connectivity index (χ1) is 40.5. The summed E-state index contributed by atoms with van der Waals surface area (Å²) >= 11 is 0. The average molecular weight is 1240 g/mol. The quantitative estimate of drug-likeness (QED) is 0.0222. The largest absolute Gasteiger partial charge is 0.472 e. The molecule has 498 valence electrons. The van der Waals surface area contributed by atoms with Gasteiger partial charge in [0.2, 0.25) is 0 Å². The minimum absolute atomic E-state index is 0.0990. The zero-order valence-corrected chi connectivity index (χ0v) is 55.8. The first-order valence-electron chi connectivity index (χ1n) is 34.1. The molecule has 2 unspecified atom stereocenters. The van der Waals surface area contributed by atoms with Crippen LogP contribution in [0.25, 0.3) is 0 Å². The van der Waals surface area contributed by atoms with Gasteiger partial charge in [-0.3, -0.25) is 37.3 Å². The number of hydrogen-bond donors (Lipinski definition) is 3. The van der Waals surface area contributed by atoms with Crippen molar-refractivity contribution in [3.63, 3.8) is 0 Å². The van der Waals surface area contributed by atoms with Crippen molar-refractivity contribution in [3.05, 3.63) is 0 Å². The SMILES string of the molecule is CCCCCCCCCCCCCCCCCC(=O)OC[C@H](COP(=O)(O)OC[C@@H](O)COP(=O)(O)OC[C@@H](COC(=O)CCCCCCC)OC(=O)CCCCCCC)OC(=O)CCCCCCCCCCCCCCCCCCC(C)C. The van der Waals surface area contributed by atoms with Crippen LogP contribution in [0.1, 0.15) is 330 Å². The molecule has 0 saturated carbocycles. The molecule has 0 radical (unpaired) electrons. The van der Waals surface area contributed by atoms with E-state index in [0.717, 1.165) is 102 Å². The van der Waals surface area contributed by atoms with Crippen molar-refractivity contribution in [3.8, 4) is 0 Å². The Labute approximate surface area is 511 Å². The number of aliphatic hydroxyl groups excluding tert-OH is 1. The summed E-state index contributed by atoms with van der Waals surface area (Å²) in [5, 5.41) is 10.5. The lowest BCUT2D eigenvalue weighted by Crippen LogP contribution is -2.30. The second-order valence-corrected chi connectivity index (χ2v) is 26.9. The molecule has 0 aliphatic rings. The normalized spacial score (nSPS) is 14.2. The third kappa shape index (κ3) is 59.0.